The van der Waals surface area contributed by atoms with E-state index in [9.17, 15) is 9.59 Å². The van der Waals surface area contributed by atoms with Gasteiger partial charge < -0.3 is 13.9 Å². The number of hydrogen-bond acceptors (Lipinski definition) is 6. The Kier molecular flexibility index (Phi) is 5.12. The lowest BCUT2D eigenvalue weighted by atomic mass is 10.2. The van der Waals surface area contributed by atoms with Crippen molar-refractivity contribution in [3.8, 4) is 17.2 Å². The number of aromatic nitrogens is 1. The Hall–Kier alpha value is -3.41. The summed E-state index contributed by atoms with van der Waals surface area (Å²) < 4.78 is 15.5. The molecule has 132 valence electrons. The van der Waals surface area contributed by atoms with Gasteiger partial charge in [0.15, 0.2) is 0 Å². The van der Waals surface area contributed by atoms with E-state index in [2.05, 4.69) is 9.72 Å². The van der Waals surface area contributed by atoms with Crippen molar-refractivity contribution < 1.29 is 23.5 Å². The zero-order valence-electron chi connectivity index (χ0n) is 14.4. The quantitative estimate of drug-likeness (QED) is 0.516. The molecule has 0 N–H and O–H groups in total. The Balaban J connectivity index is 1.67. The summed E-state index contributed by atoms with van der Waals surface area (Å²) in [5.41, 5.74) is 1.75. The number of oxazole rings is 1. The number of hydrogen-bond donors (Lipinski definition) is 0. The average molecular weight is 351 g/mol. The summed E-state index contributed by atoms with van der Waals surface area (Å²) in [6.45, 7) is 1.76. The SMILES string of the molecule is COC(=O)c1ccc(OC(=O)Cc2nc(-c3ccccc3)oc2C)cc1. The zero-order chi connectivity index (χ0) is 18.5. The summed E-state index contributed by atoms with van der Waals surface area (Å²) in [5.74, 6) is 0.462. The highest BCUT2D eigenvalue weighted by Gasteiger charge is 2.16. The minimum Gasteiger partial charge on any atom is -0.465 e. The first-order valence-electron chi connectivity index (χ1n) is 7.97. The third kappa shape index (κ3) is 3.97. The van der Waals surface area contributed by atoms with Gasteiger partial charge in [0.05, 0.1) is 24.8 Å². The maximum Gasteiger partial charge on any atom is 0.337 e. The van der Waals surface area contributed by atoms with Gasteiger partial charge >= 0.3 is 11.9 Å². The number of carbonyl (C=O) groups excluding carboxylic acids is 2. The normalized spacial score (nSPS) is 10.4. The van der Waals surface area contributed by atoms with Gasteiger partial charge in [-0.25, -0.2) is 9.78 Å². The van der Waals surface area contributed by atoms with E-state index in [0.29, 0.717) is 28.7 Å². The van der Waals surface area contributed by atoms with E-state index in [1.54, 1.807) is 6.92 Å². The van der Waals surface area contributed by atoms with E-state index in [0.717, 1.165) is 5.56 Å². The molecule has 0 radical (unpaired) electrons. The number of ether oxygens (including phenoxy) is 2. The van der Waals surface area contributed by atoms with Gasteiger partial charge in [-0.3, -0.25) is 4.79 Å². The van der Waals surface area contributed by atoms with Crippen LogP contribution in [0.5, 0.6) is 5.75 Å². The molecule has 0 aliphatic heterocycles. The number of carbonyl (C=O) groups is 2. The van der Waals surface area contributed by atoms with Crippen LogP contribution in [0.4, 0.5) is 0 Å². The van der Waals surface area contributed by atoms with Crippen LogP contribution in [0, 0.1) is 6.92 Å². The van der Waals surface area contributed by atoms with Crippen LogP contribution in [0.2, 0.25) is 0 Å². The summed E-state index contributed by atoms with van der Waals surface area (Å²) in [6, 6.07) is 15.6. The number of methoxy groups -OCH3 is 1. The average Bonchev–Trinajstić information content (AvgIpc) is 3.03. The molecule has 0 amide bonds. The third-order valence-electron chi connectivity index (χ3n) is 3.73. The highest BCUT2D eigenvalue weighted by atomic mass is 16.5. The number of benzene rings is 2. The molecule has 1 aromatic heterocycles. The van der Waals surface area contributed by atoms with Crippen molar-refractivity contribution in [1.29, 1.82) is 0 Å². The Labute approximate surface area is 150 Å². The Morgan fingerprint density at radius 3 is 2.38 bits per heavy atom. The van der Waals surface area contributed by atoms with Crippen molar-refractivity contribution in [3.63, 3.8) is 0 Å². The molecule has 0 aliphatic carbocycles. The van der Waals surface area contributed by atoms with Gasteiger partial charge in [0.1, 0.15) is 11.5 Å². The smallest absolute Gasteiger partial charge is 0.337 e. The lowest BCUT2D eigenvalue weighted by Crippen LogP contribution is -2.12. The lowest BCUT2D eigenvalue weighted by molar-refractivity contribution is -0.133. The summed E-state index contributed by atoms with van der Waals surface area (Å²) in [4.78, 5) is 27.9. The molecular formula is C20H17NO5. The van der Waals surface area contributed by atoms with E-state index in [1.165, 1.54) is 31.4 Å². The molecule has 0 aliphatic rings. The van der Waals surface area contributed by atoms with Gasteiger partial charge in [-0.1, -0.05) is 18.2 Å². The molecule has 2 aromatic carbocycles. The molecule has 0 fully saturated rings. The largest absolute Gasteiger partial charge is 0.465 e. The predicted molar refractivity (Wildman–Crippen MR) is 93.8 cm³/mol. The van der Waals surface area contributed by atoms with Crippen LogP contribution in [0.25, 0.3) is 11.5 Å². The van der Waals surface area contributed by atoms with Gasteiger partial charge in [-0.2, -0.15) is 0 Å². The Morgan fingerprint density at radius 1 is 1.04 bits per heavy atom. The van der Waals surface area contributed by atoms with Crippen LogP contribution in [0.15, 0.2) is 59.0 Å². The highest BCUT2D eigenvalue weighted by molar-refractivity contribution is 5.89. The van der Waals surface area contributed by atoms with Crippen LogP contribution in [-0.4, -0.2) is 24.0 Å². The molecule has 0 bridgehead atoms. The minimum absolute atomic E-state index is 0.0130. The number of rotatable bonds is 5. The van der Waals surface area contributed by atoms with E-state index in [-0.39, 0.29) is 6.42 Å². The van der Waals surface area contributed by atoms with Gasteiger partial charge in [0.25, 0.3) is 0 Å². The molecule has 6 nitrogen and oxygen atoms in total. The van der Waals surface area contributed by atoms with Crippen LogP contribution in [-0.2, 0) is 16.0 Å². The first-order chi connectivity index (χ1) is 12.6. The fraction of sp³-hybridized carbons (Fsp3) is 0.150. The summed E-state index contributed by atoms with van der Waals surface area (Å²) >= 11 is 0. The monoisotopic (exact) mass is 351 g/mol. The second-order valence-electron chi connectivity index (χ2n) is 5.55. The molecule has 0 spiro atoms. The second kappa shape index (κ2) is 7.65. The lowest BCUT2D eigenvalue weighted by Gasteiger charge is -2.04. The summed E-state index contributed by atoms with van der Waals surface area (Å²) in [6.07, 6.45) is -0.0130. The standard InChI is InChI=1S/C20H17NO5/c1-13-17(21-19(25-13)14-6-4-3-5-7-14)12-18(22)26-16-10-8-15(9-11-16)20(23)24-2/h3-11H,12H2,1-2H3. The summed E-state index contributed by atoms with van der Waals surface area (Å²) in [5, 5.41) is 0. The molecule has 0 saturated carbocycles. The topological polar surface area (TPSA) is 78.6 Å². The molecule has 3 aromatic rings. The number of aryl methyl sites for hydroxylation is 1. The van der Waals surface area contributed by atoms with Crippen molar-refractivity contribution in [3.05, 3.63) is 71.6 Å². The second-order valence-corrected chi connectivity index (χ2v) is 5.55. The van der Waals surface area contributed by atoms with Crippen molar-refractivity contribution in [2.75, 3.05) is 7.11 Å². The first-order valence-corrected chi connectivity index (χ1v) is 7.97. The summed E-state index contributed by atoms with van der Waals surface area (Å²) in [7, 11) is 1.31. The molecule has 1 heterocycles. The Morgan fingerprint density at radius 2 is 1.73 bits per heavy atom. The fourth-order valence-corrected chi connectivity index (χ4v) is 2.38. The third-order valence-corrected chi connectivity index (χ3v) is 3.73. The maximum atomic E-state index is 12.2. The van der Waals surface area contributed by atoms with E-state index in [1.807, 2.05) is 30.3 Å². The minimum atomic E-state index is -0.466. The molecule has 0 saturated heterocycles. The van der Waals surface area contributed by atoms with Gasteiger partial charge in [0, 0.05) is 5.56 Å². The van der Waals surface area contributed by atoms with Crippen LogP contribution < -0.4 is 4.74 Å². The predicted octanol–water partition coefficient (Wildman–Crippen LogP) is 3.58. The van der Waals surface area contributed by atoms with Crippen molar-refractivity contribution in [2.24, 2.45) is 0 Å². The first kappa shape index (κ1) is 17.4. The van der Waals surface area contributed by atoms with E-state index < -0.39 is 11.9 Å². The number of esters is 2. The molecule has 0 atom stereocenters. The maximum absolute atomic E-state index is 12.2. The van der Waals surface area contributed by atoms with Gasteiger partial charge in [-0.05, 0) is 43.3 Å². The van der Waals surface area contributed by atoms with Crippen LogP contribution >= 0.6 is 0 Å². The van der Waals surface area contributed by atoms with Gasteiger partial charge in [0.2, 0.25) is 5.89 Å². The van der Waals surface area contributed by atoms with Crippen LogP contribution in [0.3, 0.4) is 0 Å². The molecule has 6 heteroatoms. The zero-order valence-corrected chi connectivity index (χ0v) is 14.4. The van der Waals surface area contributed by atoms with Gasteiger partial charge in [-0.15, -0.1) is 0 Å². The highest BCUT2D eigenvalue weighted by Crippen LogP contribution is 2.22. The van der Waals surface area contributed by atoms with E-state index >= 15 is 0 Å². The van der Waals surface area contributed by atoms with E-state index in [4.69, 9.17) is 9.15 Å². The molecule has 26 heavy (non-hydrogen) atoms. The molecule has 0 unspecified atom stereocenters. The van der Waals surface area contributed by atoms with Crippen LogP contribution in [0.1, 0.15) is 21.8 Å². The molecule has 3 rings (SSSR count). The van der Waals surface area contributed by atoms with Crippen molar-refractivity contribution in [2.45, 2.75) is 13.3 Å². The van der Waals surface area contributed by atoms with Crippen molar-refractivity contribution >= 4 is 11.9 Å². The van der Waals surface area contributed by atoms with Crippen molar-refractivity contribution in [1.82, 2.24) is 4.98 Å². The Bertz CT molecular complexity index is 913. The molecular weight excluding hydrogens is 334 g/mol. The number of nitrogens with zero attached hydrogens (tertiary/aromatic N) is 1. The fourth-order valence-electron chi connectivity index (χ4n) is 2.38.